The first-order chi connectivity index (χ1) is 8.86. The zero-order chi connectivity index (χ0) is 12.6. The van der Waals surface area contributed by atoms with Crippen molar-refractivity contribution in [3.05, 3.63) is 35.9 Å². The first-order valence-corrected chi connectivity index (χ1v) is 8.08. The largest absolute Gasteiger partial charge is 0.378 e. The Bertz CT molecular complexity index is 319. The molecule has 0 saturated carbocycles. The summed E-state index contributed by atoms with van der Waals surface area (Å²) in [7, 11) is 0. The van der Waals surface area contributed by atoms with Gasteiger partial charge in [-0.15, -0.1) is 0 Å². The van der Waals surface area contributed by atoms with E-state index < -0.39 is 0 Å². The Hall–Kier alpha value is -0.340. The smallest absolute Gasteiger partial charge is 0.0576 e. The average molecular weight is 311 g/mol. The van der Waals surface area contributed by atoms with Crippen LogP contribution in [0.2, 0.25) is 0 Å². The number of halogens is 1. The van der Waals surface area contributed by atoms with Crippen LogP contribution in [0, 0.1) is 0 Å². The summed E-state index contributed by atoms with van der Waals surface area (Å²) in [6.45, 7) is 0.988. The first kappa shape index (κ1) is 14.1. The van der Waals surface area contributed by atoms with Crippen LogP contribution in [0.1, 0.15) is 55.3 Å². The number of alkyl halides is 1. The minimum Gasteiger partial charge on any atom is -0.378 e. The predicted molar refractivity (Wildman–Crippen MR) is 80.2 cm³/mol. The maximum Gasteiger partial charge on any atom is 0.0576 e. The minimum atomic E-state index is 0.515. The van der Waals surface area contributed by atoms with Crippen molar-refractivity contribution in [2.24, 2.45) is 0 Å². The summed E-state index contributed by atoms with van der Waals surface area (Å²) < 4.78 is 5.64. The molecule has 0 bridgehead atoms. The molecule has 0 aliphatic carbocycles. The quantitative estimate of drug-likeness (QED) is 0.493. The highest BCUT2D eigenvalue weighted by molar-refractivity contribution is 9.09. The Balaban J connectivity index is 1.55. The van der Waals surface area contributed by atoms with Gasteiger partial charge in [0.05, 0.1) is 6.10 Å². The molecule has 1 aromatic rings. The zero-order valence-corrected chi connectivity index (χ0v) is 12.6. The molecular formula is C16H23BrO. The molecule has 1 heterocycles. The van der Waals surface area contributed by atoms with Gasteiger partial charge in [-0.3, -0.25) is 0 Å². The molecule has 18 heavy (non-hydrogen) atoms. The van der Waals surface area contributed by atoms with Gasteiger partial charge in [-0.2, -0.15) is 0 Å². The van der Waals surface area contributed by atoms with Gasteiger partial charge >= 0.3 is 0 Å². The average Bonchev–Trinajstić information content (AvgIpc) is 2.92. The van der Waals surface area contributed by atoms with Gasteiger partial charge in [0, 0.05) is 11.4 Å². The highest BCUT2D eigenvalue weighted by Gasteiger charge is 2.14. The number of hydrogen-bond donors (Lipinski definition) is 0. The molecule has 1 nitrogen and oxygen atoms in total. The summed E-state index contributed by atoms with van der Waals surface area (Å²) >= 11 is 3.78. The summed E-state index contributed by atoms with van der Waals surface area (Å²) in [6.07, 6.45) is 9.56. The van der Waals surface area contributed by atoms with E-state index in [9.17, 15) is 0 Å². The van der Waals surface area contributed by atoms with E-state index in [4.69, 9.17) is 4.74 Å². The predicted octanol–water partition coefficient (Wildman–Crippen LogP) is 5.25. The molecule has 2 rings (SSSR count). The molecule has 0 N–H and O–H groups in total. The van der Waals surface area contributed by atoms with Crippen molar-refractivity contribution >= 4 is 15.9 Å². The molecule has 0 aromatic heterocycles. The van der Waals surface area contributed by atoms with Crippen molar-refractivity contribution in [1.29, 1.82) is 0 Å². The lowest BCUT2D eigenvalue weighted by Gasteiger charge is -2.11. The van der Waals surface area contributed by atoms with Gasteiger partial charge in [0.2, 0.25) is 0 Å². The summed E-state index contributed by atoms with van der Waals surface area (Å²) in [5, 5.41) is 0. The van der Waals surface area contributed by atoms with Crippen LogP contribution in [0.15, 0.2) is 30.3 Å². The van der Waals surface area contributed by atoms with E-state index in [0.717, 1.165) is 6.61 Å². The van der Waals surface area contributed by atoms with E-state index in [2.05, 4.69) is 46.3 Å². The maximum atomic E-state index is 5.64. The van der Waals surface area contributed by atoms with Gasteiger partial charge in [0.15, 0.2) is 0 Å². The van der Waals surface area contributed by atoms with Crippen molar-refractivity contribution in [3.8, 4) is 0 Å². The molecule has 1 aliphatic rings. The zero-order valence-electron chi connectivity index (χ0n) is 11.0. The van der Waals surface area contributed by atoms with Crippen LogP contribution in [-0.2, 0) is 4.74 Å². The van der Waals surface area contributed by atoms with Crippen molar-refractivity contribution in [2.75, 3.05) is 6.61 Å². The van der Waals surface area contributed by atoms with Crippen LogP contribution in [0.3, 0.4) is 0 Å². The lowest BCUT2D eigenvalue weighted by molar-refractivity contribution is 0.102. The van der Waals surface area contributed by atoms with Crippen LogP contribution < -0.4 is 0 Å². The second-order valence-electron chi connectivity index (χ2n) is 5.15. The molecule has 2 atom stereocenters. The number of ether oxygens (including phenoxy) is 1. The summed E-state index contributed by atoms with van der Waals surface area (Å²) in [5.74, 6) is 0. The van der Waals surface area contributed by atoms with Gasteiger partial charge in [0.1, 0.15) is 0 Å². The molecule has 1 saturated heterocycles. The van der Waals surface area contributed by atoms with Gasteiger partial charge in [-0.25, -0.2) is 0 Å². The number of benzene rings is 1. The van der Waals surface area contributed by atoms with E-state index in [-0.39, 0.29) is 0 Å². The van der Waals surface area contributed by atoms with Gasteiger partial charge < -0.3 is 4.74 Å². The Morgan fingerprint density at radius 1 is 1.17 bits per heavy atom. The van der Waals surface area contributed by atoms with Crippen LogP contribution in [0.4, 0.5) is 0 Å². The van der Waals surface area contributed by atoms with Crippen LogP contribution in [-0.4, -0.2) is 12.7 Å². The summed E-state index contributed by atoms with van der Waals surface area (Å²) in [6, 6.07) is 10.7. The van der Waals surface area contributed by atoms with Crippen molar-refractivity contribution in [1.82, 2.24) is 0 Å². The van der Waals surface area contributed by atoms with Gasteiger partial charge in [-0.1, -0.05) is 65.5 Å². The van der Waals surface area contributed by atoms with E-state index >= 15 is 0 Å². The maximum absolute atomic E-state index is 5.64. The van der Waals surface area contributed by atoms with E-state index in [1.54, 1.807) is 0 Å². The molecule has 1 aromatic carbocycles. The van der Waals surface area contributed by atoms with Crippen LogP contribution in [0.25, 0.3) is 0 Å². The molecule has 1 fully saturated rings. The van der Waals surface area contributed by atoms with Crippen molar-refractivity contribution in [3.63, 3.8) is 0 Å². The normalized spacial score (nSPS) is 21.1. The standard InChI is InChI=1S/C16H23BrO/c17-16(14-8-3-1-4-9-14)12-6-2-5-10-15-11-7-13-18-15/h1,3-4,8-9,15-16H,2,5-7,10-13H2. The fourth-order valence-electron chi connectivity index (χ4n) is 2.57. The molecule has 1 aliphatic heterocycles. The highest BCUT2D eigenvalue weighted by Crippen LogP contribution is 2.28. The second kappa shape index (κ2) is 7.96. The monoisotopic (exact) mass is 310 g/mol. The Labute approximate surface area is 119 Å². The Morgan fingerprint density at radius 3 is 2.72 bits per heavy atom. The molecule has 2 heteroatoms. The van der Waals surface area contributed by atoms with Crippen molar-refractivity contribution < 1.29 is 4.74 Å². The van der Waals surface area contributed by atoms with Crippen LogP contribution in [0.5, 0.6) is 0 Å². The topological polar surface area (TPSA) is 9.23 Å². The summed E-state index contributed by atoms with van der Waals surface area (Å²) in [4.78, 5) is 0.515. The number of hydrogen-bond acceptors (Lipinski definition) is 1. The van der Waals surface area contributed by atoms with E-state index in [1.807, 2.05) is 0 Å². The Kier molecular flexibility index (Phi) is 6.22. The highest BCUT2D eigenvalue weighted by atomic mass is 79.9. The summed E-state index contributed by atoms with van der Waals surface area (Å²) in [5.41, 5.74) is 1.40. The lowest BCUT2D eigenvalue weighted by Crippen LogP contribution is -2.03. The molecule has 0 radical (unpaired) electrons. The van der Waals surface area contributed by atoms with Crippen molar-refractivity contribution in [2.45, 2.75) is 55.9 Å². The van der Waals surface area contributed by atoms with Gasteiger partial charge in [-0.05, 0) is 31.2 Å². The second-order valence-corrected chi connectivity index (χ2v) is 6.26. The fourth-order valence-corrected chi connectivity index (χ4v) is 3.20. The molecule has 100 valence electrons. The third kappa shape index (κ3) is 4.74. The van der Waals surface area contributed by atoms with Gasteiger partial charge in [0.25, 0.3) is 0 Å². The fraction of sp³-hybridized carbons (Fsp3) is 0.625. The van der Waals surface area contributed by atoms with E-state index in [0.29, 0.717) is 10.9 Å². The third-order valence-corrected chi connectivity index (χ3v) is 4.66. The molecular weight excluding hydrogens is 288 g/mol. The minimum absolute atomic E-state index is 0.515. The van der Waals surface area contributed by atoms with E-state index in [1.165, 1.54) is 50.5 Å². The molecule has 0 spiro atoms. The number of unbranched alkanes of at least 4 members (excludes halogenated alkanes) is 2. The van der Waals surface area contributed by atoms with Crippen LogP contribution >= 0.6 is 15.9 Å². The number of rotatable bonds is 7. The Morgan fingerprint density at radius 2 is 2.00 bits per heavy atom. The lowest BCUT2D eigenvalue weighted by atomic mass is 10.0. The first-order valence-electron chi connectivity index (χ1n) is 7.17. The SMILES string of the molecule is BrC(CCCCCC1CCCO1)c1ccccc1. The molecule has 0 amide bonds. The molecule has 2 unspecified atom stereocenters. The third-order valence-electron chi connectivity index (χ3n) is 3.67.